The van der Waals surface area contributed by atoms with Gasteiger partial charge < -0.3 is 14.3 Å². The van der Waals surface area contributed by atoms with Gasteiger partial charge in [0.1, 0.15) is 5.76 Å². The van der Waals surface area contributed by atoms with E-state index in [4.69, 9.17) is 4.42 Å². The van der Waals surface area contributed by atoms with Gasteiger partial charge in [0.25, 0.3) is 0 Å². The highest BCUT2D eigenvalue weighted by molar-refractivity contribution is 7.98. The lowest BCUT2D eigenvalue weighted by atomic mass is 9.92. The maximum atomic E-state index is 13.8. The summed E-state index contributed by atoms with van der Waals surface area (Å²) in [5.41, 5.74) is -0.990. The molecule has 0 aliphatic heterocycles. The summed E-state index contributed by atoms with van der Waals surface area (Å²) in [5, 5.41) is 10.3. The third-order valence-corrected chi connectivity index (χ3v) is 5.48. The van der Waals surface area contributed by atoms with Crippen LogP contribution in [0.1, 0.15) is 29.4 Å². The number of hydrogen-bond acceptors (Lipinski definition) is 6. The Bertz CT molecular complexity index is 1120. The van der Waals surface area contributed by atoms with E-state index in [1.165, 1.54) is 11.8 Å². The first-order valence-corrected chi connectivity index (χ1v) is 10.0. The van der Waals surface area contributed by atoms with Gasteiger partial charge in [0, 0.05) is 11.0 Å². The lowest BCUT2D eigenvalue weighted by Crippen LogP contribution is -2.14. The number of methoxy groups -OCH3 is 1. The summed E-state index contributed by atoms with van der Waals surface area (Å²) in [7, 11) is 1.11. The van der Waals surface area contributed by atoms with Gasteiger partial charge in [-0.2, -0.15) is 0 Å². The van der Waals surface area contributed by atoms with E-state index in [1.54, 1.807) is 0 Å². The van der Waals surface area contributed by atoms with Crippen molar-refractivity contribution in [1.29, 1.82) is 0 Å². The molecule has 0 saturated heterocycles. The highest BCUT2D eigenvalue weighted by atomic mass is 32.2. The number of benzene rings is 2. The average molecular weight is 450 g/mol. The molecule has 1 N–H and O–H groups in total. The van der Waals surface area contributed by atoms with Gasteiger partial charge in [-0.3, -0.25) is 9.59 Å². The van der Waals surface area contributed by atoms with E-state index in [0.29, 0.717) is 12.1 Å². The fourth-order valence-electron chi connectivity index (χ4n) is 2.92. The first-order chi connectivity index (χ1) is 14.8. The van der Waals surface area contributed by atoms with Gasteiger partial charge in [-0.25, -0.2) is 13.2 Å². The molecule has 3 aromatic rings. The Kier molecular flexibility index (Phi) is 7.06. The predicted molar refractivity (Wildman–Crippen MR) is 107 cm³/mol. The number of rotatable bonds is 7. The van der Waals surface area contributed by atoms with E-state index in [0.717, 1.165) is 18.1 Å². The van der Waals surface area contributed by atoms with Crippen LogP contribution in [0.25, 0.3) is 0 Å². The number of ether oxygens (including phenoxy) is 1. The zero-order chi connectivity index (χ0) is 22.5. The molecule has 0 bridgehead atoms. The SMILES string of the molecule is COC(=O)C[C@@H](c1cc(F)c(F)c(F)c1)c1oc(CSc2ccccc2)cc(=O)c1O. The van der Waals surface area contributed by atoms with Crippen molar-refractivity contribution in [3.63, 3.8) is 0 Å². The molecular formula is C22H17F3O5S. The third kappa shape index (κ3) is 5.29. The van der Waals surface area contributed by atoms with E-state index in [2.05, 4.69) is 4.74 Å². The summed E-state index contributed by atoms with van der Waals surface area (Å²) in [4.78, 5) is 25.1. The van der Waals surface area contributed by atoms with Crippen LogP contribution < -0.4 is 5.43 Å². The second-order valence-corrected chi connectivity index (χ2v) is 7.57. The van der Waals surface area contributed by atoms with Crippen LogP contribution in [0.2, 0.25) is 0 Å². The molecule has 5 nitrogen and oxygen atoms in total. The van der Waals surface area contributed by atoms with Crippen molar-refractivity contribution >= 4 is 17.7 Å². The van der Waals surface area contributed by atoms with E-state index >= 15 is 0 Å². The fourth-order valence-corrected chi connectivity index (χ4v) is 3.72. The number of carbonyl (C=O) groups is 1. The molecular weight excluding hydrogens is 433 g/mol. The van der Waals surface area contributed by atoms with Crippen molar-refractivity contribution in [2.45, 2.75) is 23.0 Å². The van der Waals surface area contributed by atoms with Crippen molar-refractivity contribution in [1.82, 2.24) is 0 Å². The Morgan fingerprint density at radius 3 is 2.39 bits per heavy atom. The Hall–Kier alpha value is -3.20. The Labute approximate surface area is 179 Å². The van der Waals surface area contributed by atoms with Gasteiger partial charge in [-0.1, -0.05) is 18.2 Å². The van der Waals surface area contributed by atoms with Gasteiger partial charge >= 0.3 is 5.97 Å². The van der Waals surface area contributed by atoms with Crippen LogP contribution in [0.5, 0.6) is 5.75 Å². The number of esters is 1. The molecule has 1 aromatic heterocycles. The summed E-state index contributed by atoms with van der Waals surface area (Å²) in [6.45, 7) is 0. The van der Waals surface area contributed by atoms with Crippen LogP contribution in [-0.4, -0.2) is 18.2 Å². The van der Waals surface area contributed by atoms with Gasteiger partial charge in [0.15, 0.2) is 23.2 Å². The molecule has 0 spiro atoms. The minimum Gasteiger partial charge on any atom is -0.502 e. The Morgan fingerprint density at radius 1 is 1.13 bits per heavy atom. The Balaban J connectivity index is 2.04. The maximum Gasteiger partial charge on any atom is 0.306 e. The number of hydrogen-bond donors (Lipinski definition) is 1. The standard InChI is InChI=1S/C22H17F3O5S/c1-29-19(27)10-15(12-7-16(23)20(25)17(24)8-12)22-21(28)18(26)9-13(30-22)11-31-14-5-3-2-4-6-14/h2-9,15,28H,10-11H2,1H3/t15-/m0/s1. The molecule has 0 fully saturated rings. The molecule has 0 aliphatic carbocycles. The van der Waals surface area contributed by atoms with Crippen LogP contribution in [0.3, 0.4) is 0 Å². The molecule has 9 heteroatoms. The minimum atomic E-state index is -1.68. The quantitative estimate of drug-likeness (QED) is 0.318. The van der Waals surface area contributed by atoms with Gasteiger partial charge in [0.05, 0.1) is 25.2 Å². The molecule has 31 heavy (non-hydrogen) atoms. The summed E-state index contributed by atoms with van der Waals surface area (Å²) in [6.07, 6.45) is -0.507. The van der Waals surface area contributed by atoms with Crippen LogP contribution in [0.4, 0.5) is 13.2 Å². The van der Waals surface area contributed by atoms with Crippen molar-refractivity contribution in [3.8, 4) is 5.75 Å². The first-order valence-electron chi connectivity index (χ1n) is 9.05. The lowest BCUT2D eigenvalue weighted by molar-refractivity contribution is -0.140. The highest BCUT2D eigenvalue weighted by Crippen LogP contribution is 2.35. The number of halogens is 3. The smallest absolute Gasteiger partial charge is 0.306 e. The van der Waals surface area contributed by atoms with E-state index < -0.39 is 46.9 Å². The van der Waals surface area contributed by atoms with E-state index in [9.17, 15) is 27.9 Å². The van der Waals surface area contributed by atoms with Crippen LogP contribution >= 0.6 is 11.8 Å². The highest BCUT2D eigenvalue weighted by Gasteiger charge is 2.28. The summed E-state index contributed by atoms with van der Waals surface area (Å²) < 4.78 is 51.3. The van der Waals surface area contributed by atoms with E-state index in [1.807, 2.05) is 30.3 Å². The van der Waals surface area contributed by atoms with Gasteiger partial charge in [-0.05, 0) is 29.8 Å². The molecule has 0 unspecified atom stereocenters. The molecule has 3 rings (SSSR count). The first kappa shape index (κ1) is 22.5. The van der Waals surface area contributed by atoms with E-state index in [-0.39, 0.29) is 22.8 Å². The van der Waals surface area contributed by atoms with Crippen LogP contribution in [-0.2, 0) is 15.3 Å². The third-order valence-electron chi connectivity index (χ3n) is 4.45. The second kappa shape index (κ2) is 9.74. The zero-order valence-corrected chi connectivity index (χ0v) is 17.0. The molecule has 1 atom stereocenters. The molecule has 2 aromatic carbocycles. The maximum absolute atomic E-state index is 13.8. The molecule has 0 amide bonds. The monoisotopic (exact) mass is 450 g/mol. The molecule has 0 radical (unpaired) electrons. The molecule has 0 aliphatic rings. The summed E-state index contributed by atoms with van der Waals surface area (Å²) in [6, 6.07) is 11.7. The molecule has 1 heterocycles. The molecule has 0 saturated carbocycles. The summed E-state index contributed by atoms with van der Waals surface area (Å²) >= 11 is 1.35. The topological polar surface area (TPSA) is 76.7 Å². The van der Waals surface area contributed by atoms with Gasteiger partial charge in [0.2, 0.25) is 11.2 Å². The zero-order valence-electron chi connectivity index (χ0n) is 16.2. The number of thioether (sulfide) groups is 1. The number of carbonyl (C=O) groups excluding carboxylic acids is 1. The van der Waals surface area contributed by atoms with Gasteiger partial charge in [-0.15, -0.1) is 11.8 Å². The molecule has 162 valence electrons. The fraction of sp³-hybridized carbons (Fsp3) is 0.182. The van der Waals surface area contributed by atoms with Crippen molar-refractivity contribution in [2.24, 2.45) is 0 Å². The second-order valence-electron chi connectivity index (χ2n) is 6.52. The van der Waals surface area contributed by atoms with Crippen LogP contribution in [0, 0.1) is 17.5 Å². The van der Waals surface area contributed by atoms with Crippen LogP contribution in [0.15, 0.2) is 62.6 Å². The lowest BCUT2D eigenvalue weighted by Gasteiger charge is -2.18. The largest absolute Gasteiger partial charge is 0.502 e. The number of aromatic hydroxyl groups is 1. The summed E-state index contributed by atoms with van der Waals surface area (Å²) in [5.74, 6) is -7.52. The normalized spacial score (nSPS) is 11.9. The predicted octanol–water partition coefficient (Wildman–Crippen LogP) is 4.75. The Morgan fingerprint density at radius 2 is 1.77 bits per heavy atom. The average Bonchev–Trinajstić information content (AvgIpc) is 2.76. The van der Waals surface area contributed by atoms with Crippen molar-refractivity contribution in [3.05, 3.63) is 93.3 Å². The van der Waals surface area contributed by atoms with Crippen molar-refractivity contribution in [2.75, 3.05) is 7.11 Å². The van der Waals surface area contributed by atoms with Crippen molar-refractivity contribution < 1.29 is 32.2 Å². The minimum absolute atomic E-state index is 0.171.